The largest absolute Gasteiger partial charge is 0.363 e. The Labute approximate surface area is 188 Å². The zero-order valence-electron chi connectivity index (χ0n) is 19.3. The summed E-state index contributed by atoms with van der Waals surface area (Å²) in [5.74, 6) is 0. The Hall–Kier alpha value is -2.80. The highest BCUT2D eigenvalue weighted by molar-refractivity contribution is 5.83. The van der Waals surface area contributed by atoms with E-state index in [2.05, 4.69) is 111 Å². The van der Waals surface area contributed by atoms with E-state index in [-0.39, 0.29) is 0 Å². The molecule has 0 unspecified atom stereocenters. The molecule has 160 valence electrons. The van der Waals surface area contributed by atoms with Crippen molar-refractivity contribution in [1.82, 2.24) is 0 Å². The van der Waals surface area contributed by atoms with E-state index in [0.717, 1.165) is 32.4 Å². The first kappa shape index (κ1) is 21.4. The van der Waals surface area contributed by atoms with Gasteiger partial charge in [0.2, 0.25) is 0 Å². The van der Waals surface area contributed by atoms with Gasteiger partial charge in [0.25, 0.3) is 0 Å². The van der Waals surface area contributed by atoms with Gasteiger partial charge in [0, 0.05) is 18.8 Å². The highest BCUT2D eigenvalue weighted by atomic mass is 15.1. The number of hydrogen-bond donors (Lipinski definition) is 0. The van der Waals surface area contributed by atoms with Crippen molar-refractivity contribution < 1.29 is 0 Å². The summed E-state index contributed by atoms with van der Waals surface area (Å²) in [4.78, 5) is 2.51. The molecule has 1 aliphatic carbocycles. The molecule has 0 amide bonds. The topological polar surface area (TPSA) is 3.24 Å². The van der Waals surface area contributed by atoms with Crippen molar-refractivity contribution in [2.75, 3.05) is 11.4 Å². The highest BCUT2D eigenvalue weighted by Gasteiger charge is 2.13. The molecule has 0 atom stereocenters. The number of fused-ring (bicyclic) bond motifs is 1. The first-order chi connectivity index (χ1) is 15.0. The van der Waals surface area contributed by atoms with Crippen molar-refractivity contribution in [3.05, 3.63) is 102 Å². The summed E-state index contributed by atoms with van der Waals surface area (Å²) in [5.41, 5.74) is 5.88. The molecule has 0 fully saturated rings. The third kappa shape index (κ3) is 6.10. The number of hydrogen-bond acceptors (Lipinski definition) is 1. The number of benzene rings is 3. The van der Waals surface area contributed by atoms with E-state index in [1.54, 1.807) is 0 Å². The van der Waals surface area contributed by atoms with Gasteiger partial charge in [-0.1, -0.05) is 87.5 Å². The number of rotatable bonds is 7. The van der Waals surface area contributed by atoms with Crippen molar-refractivity contribution >= 4 is 16.5 Å². The summed E-state index contributed by atoms with van der Waals surface area (Å²) >= 11 is 0. The molecule has 3 aromatic carbocycles. The quantitative estimate of drug-likeness (QED) is 0.381. The van der Waals surface area contributed by atoms with Gasteiger partial charge in [0.1, 0.15) is 0 Å². The van der Waals surface area contributed by atoms with Gasteiger partial charge < -0.3 is 4.90 Å². The van der Waals surface area contributed by atoms with E-state index >= 15 is 0 Å². The minimum Gasteiger partial charge on any atom is -0.363 e. The van der Waals surface area contributed by atoms with Gasteiger partial charge in [-0.3, -0.25) is 0 Å². The summed E-state index contributed by atoms with van der Waals surface area (Å²) < 4.78 is 0. The van der Waals surface area contributed by atoms with E-state index in [1.807, 2.05) is 0 Å². The van der Waals surface area contributed by atoms with Crippen molar-refractivity contribution in [2.45, 2.75) is 53.0 Å². The molecule has 0 aliphatic heterocycles. The molecule has 3 aromatic rings. The standard InChI is InChI=1S/C30H35N/c1-30(2,3)20-19-24-14-17-29(18-15-24)31(22-25-9-5-4-6-10-25)23-26-13-16-27-11-7-8-12-28(27)21-26/h5,7-18,21H,4,6,19-20,22-23H2,1-3H3. The zero-order valence-corrected chi connectivity index (χ0v) is 19.3. The van der Waals surface area contributed by atoms with Gasteiger partial charge in [-0.05, 0) is 76.8 Å². The molecular formula is C30H35N. The molecule has 31 heavy (non-hydrogen) atoms. The van der Waals surface area contributed by atoms with Crippen LogP contribution in [0.15, 0.2) is 90.5 Å². The Balaban J connectivity index is 1.56. The van der Waals surface area contributed by atoms with Crippen LogP contribution in [0.1, 0.15) is 51.2 Å². The van der Waals surface area contributed by atoms with Gasteiger partial charge in [-0.2, -0.15) is 0 Å². The Morgan fingerprint density at radius 1 is 0.774 bits per heavy atom. The number of anilines is 1. The molecule has 0 heterocycles. The Morgan fingerprint density at radius 3 is 2.23 bits per heavy atom. The number of nitrogens with zero attached hydrogens (tertiary/aromatic N) is 1. The smallest absolute Gasteiger partial charge is 0.0433 e. The number of aryl methyl sites for hydroxylation is 1. The molecule has 1 aliphatic rings. The molecular weight excluding hydrogens is 374 g/mol. The molecule has 0 saturated heterocycles. The van der Waals surface area contributed by atoms with Crippen LogP contribution in [0, 0.1) is 5.41 Å². The predicted molar refractivity (Wildman–Crippen MR) is 136 cm³/mol. The monoisotopic (exact) mass is 409 g/mol. The summed E-state index contributed by atoms with van der Waals surface area (Å²) in [5, 5.41) is 2.62. The maximum absolute atomic E-state index is 2.51. The van der Waals surface area contributed by atoms with Crippen molar-refractivity contribution in [1.29, 1.82) is 0 Å². The Morgan fingerprint density at radius 2 is 1.52 bits per heavy atom. The van der Waals surface area contributed by atoms with E-state index in [0.29, 0.717) is 5.41 Å². The lowest BCUT2D eigenvalue weighted by Crippen LogP contribution is -2.25. The first-order valence-corrected chi connectivity index (χ1v) is 11.6. The minimum atomic E-state index is 0.376. The summed E-state index contributed by atoms with van der Waals surface area (Å²) in [6.45, 7) is 8.82. The van der Waals surface area contributed by atoms with Gasteiger partial charge in [0.05, 0.1) is 0 Å². The molecule has 1 heteroatoms. The second-order valence-electron chi connectivity index (χ2n) is 10.0. The highest BCUT2D eigenvalue weighted by Crippen LogP contribution is 2.26. The van der Waals surface area contributed by atoms with Gasteiger partial charge in [-0.15, -0.1) is 0 Å². The summed E-state index contributed by atoms with van der Waals surface area (Å²) in [6.07, 6.45) is 11.7. The lowest BCUT2D eigenvalue weighted by Gasteiger charge is -2.27. The Kier molecular flexibility index (Phi) is 6.61. The average molecular weight is 410 g/mol. The fraction of sp³-hybridized carbons (Fsp3) is 0.333. The van der Waals surface area contributed by atoms with E-state index in [9.17, 15) is 0 Å². The van der Waals surface area contributed by atoms with E-state index < -0.39 is 0 Å². The van der Waals surface area contributed by atoms with Crippen LogP contribution in [-0.4, -0.2) is 6.54 Å². The van der Waals surface area contributed by atoms with Gasteiger partial charge in [0.15, 0.2) is 0 Å². The normalized spacial score (nSPS) is 14.0. The average Bonchev–Trinajstić information content (AvgIpc) is 2.78. The van der Waals surface area contributed by atoms with E-state index in [1.165, 1.54) is 39.6 Å². The molecule has 4 rings (SSSR count). The zero-order chi connectivity index (χ0) is 21.7. The minimum absolute atomic E-state index is 0.376. The molecule has 0 spiro atoms. The molecule has 0 radical (unpaired) electrons. The maximum Gasteiger partial charge on any atom is 0.0433 e. The van der Waals surface area contributed by atoms with Crippen LogP contribution >= 0.6 is 0 Å². The molecule has 0 bridgehead atoms. The van der Waals surface area contributed by atoms with Crippen LogP contribution in [0.3, 0.4) is 0 Å². The van der Waals surface area contributed by atoms with Crippen molar-refractivity contribution in [3.63, 3.8) is 0 Å². The summed E-state index contributed by atoms with van der Waals surface area (Å²) in [7, 11) is 0. The van der Waals surface area contributed by atoms with Crippen LogP contribution < -0.4 is 4.90 Å². The first-order valence-electron chi connectivity index (χ1n) is 11.6. The molecule has 0 aromatic heterocycles. The lowest BCUT2D eigenvalue weighted by atomic mass is 9.89. The molecule has 1 nitrogen and oxygen atoms in total. The summed E-state index contributed by atoms with van der Waals surface area (Å²) in [6, 6.07) is 24.7. The van der Waals surface area contributed by atoms with E-state index in [4.69, 9.17) is 0 Å². The molecule has 0 saturated carbocycles. The van der Waals surface area contributed by atoms with Crippen LogP contribution in [0.2, 0.25) is 0 Å². The fourth-order valence-electron chi connectivity index (χ4n) is 4.19. The van der Waals surface area contributed by atoms with Crippen LogP contribution in [0.5, 0.6) is 0 Å². The maximum atomic E-state index is 2.51. The fourth-order valence-corrected chi connectivity index (χ4v) is 4.19. The molecule has 0 N–H and O–H groups in total. The lowest BCUT2D eigenvalue weighted by molar-refractivity contribution is 0.378. The Bertz CT molecular complexity index is 1060. The van der Waals surface area contributed by atoms with Crippen LogP contribution in [0.25, 0.3) is 10.8 Å². The van der Waals surface area contributed by atoms with Gasteiger partial charge >= 0.3 is 0 Å². The van der Waals surface area contributed by atoms with Crippen molar-refractivity contribution in [3.8, 4) is 0 Å². The van der Waals surface area contributed by atoms with Crippen LogP contribution in [0.4, 0.5) is 5.69 Å². The van der Waals surface area contributed by atoms with Crippen molar-refractivity contribution in [2.24, 2.45) is 5.41 Å². The number of allylic oxidation sites excluding steroid dienone is 2. The SMILES string of the molecule is CC(C)(C)CCc1ccc(N(CC2=CCCC=C2)Cc2ccc3ccccc3c2)cc1. The third-order valence-electron chi connectivity index (χ3n) is 6.10. The predicted octanol–water partition coefficient (Wildman–Crippen LogP) is 8.10. The van der Waals surface area contributed by atoms with Crippen LogP contribution in [-0.2, 0) is 13.0 Å². The second kappa shape index (κ2) is 9.56. The second-order valence-corrected chi connectivity index (χ2v) is 10.0. The van der Waals surface area contributed by atoms with Gasteiger partial charge in [-0.25, -0.2) is 0 Å². The third-order valence-corrected chi connectivity index (χ3v) is 6.10.